The lowest BCUT2D eigenvalue weighted by atomic mass is 10.1. The zero-order chi connectivity index (χ0) is 8.39. The smallest absolute Gasteiger partial charge is 0.155 e. The first-order chi connectivity index (χ1) is 5.86. The van der Waals surface area contributed by atoms with E-state index >= 15 is 0 Å². The molecule has 0 atom stereocenters. The summed E-state index contributed by atoms with van der Waals surface area (Å²) in [6, 6.07) is 7.82. The van der Waals surface area contributed by atoms with Crippen LogP contribution in [0.4, 0.5) is 0 Å². The minimum absolute atomic E-state index is 0.778. The summed E-state index contributed by atoms with van der Waals surface area (Å²) in [6.45, 7) is 3.83. The fourth-order valence-electron chi connectivity index (χ4n) is 1.06. The predicted octanol–water partition coefficient (Wildman–Crippen LogP) is 1.65. The number of H-pyrrole nitrogens is 1. The molecule has 3 heteroatoms. The first-order valence-electron chi connectivity index (χ1n) is 3.64. The quantitative estimate of drug-likeness (QED) is 0.685. The van der Waals surface area contributed by atoms with E-state index in [1.807, 2.05) is 24.3 Å². The Hall–Kier alpha value is -1.64. The van der Waals surface area contributed by atoms with Crippen LogP contribution in [0.1, 0.15) is 5.56 Å². The molecule has 0 aliphatic carbocycles. The molecule has 2 rings (SSSR count). The SMILES string of the molecule is [CH2]c1cccc(-c2ncn[nH]2)c1. The summed E-state index contributed by atoms with van der Waals surface area (Å²) in [7, 11) is 0. The van der Waals surface area contributed by atoms with Crippen molar-refractivity contribution < 1.29 is 0 Å². The van der Waals surface area contributed by atoms with Crippen LogP contribution in [0.5, 0.6) is 0 Å². The maximum Gasteiger partial charge on any atom is 0.155 e. The molecule has 2 aromatic rings. The number of aromatic nitrogens is 3. The van der Waals surface area contributed by atoms with Crippen molar-refractivity contribution in [1.29, 1.82) is 0 Å². The zero-order valence-corrected chi connectivity index (χ0v) is 6.49. The third-order valence-corrected chi connectivity index (χ3v) is 1.62. The molecule has 0 amide bonds. The number of nitrogens with zero attached hydrogens (tertiary/aromatic N) is 2. The highest BCUT2D eigenvalue weighted by atomic mass is 15.2. The van der Waals surface area contributed by atoms with Crippen molar-refractivity contribution in [1.82, 2.24) is 15.2 Å². The first kappa shape index (κ1) is 7.03. The van der Waals surface area contributed by atoms with Crippen molar-refractivity contribution >= 4 is 0 Å². The largest absolute Gasteiger partial charge is 0.259 e. The van der Waals surface area contributed by atoms with Gasteiger partial charge < -0.3 is 0 Å². The fourth-order valence-corrected chi connectivity index (χ4v) is 1.06. The summed E-state index contributed by atoms with van der Waals surface area (Å²) in [5.41, 5.74) is 1.99. The first-order valence-corrected chi connectivity index (χ1v) is 3.64. The second-order valence-electron chi connectivity index (χ2n) is 2.53. The van der Waals surface area contributed by atoms with E-state index in [-0.39, 0.29) is 0 Å². The number of aromatic amines is 1. The Bertz CT molecular complexity index is 365. The maximum absolute atomic E-state index is 4.03. The number of benzene rings is 1. The number of rotatable bonds is 1. The van der Waals surface area contributed by atoms with Crippen LogP contribution in [0.2, 0.25) is 0 Å². The molecule has 0 aliphatic rings. The summed E-state index contributed by atoms with van der Waals surface area (Å²) >= 11 is 0. The van der Waals surface area contributed by atoms with Crippen LogP contribution >= 0.6 is 0 Å². The van der Waals surface area contributed by atoms with Gasteiger partial charge in [0.15, 0.2) is 5.82 Å². The van der Waals surface area contributed by atoms with E-state index in [0.29, 0.717) is 0 Å². The summed E-state index contributed by atoms with van der Waals surface area (Å²) in [4.78, 5) is 4.03. The third-order valence-electron chi connectivity index (χ3n) is 1.62. The molecule has 0 fully saturated rings. The molecule has 1 aromatic heterocycles. The number of nitrogens with one attached hydrogen (secondary N) is 1. The Balaban J connectivity index is 2.48. The van der Waals surface area contributed by atoms with E-state index in [2.05, 4.69) is 22.1 Å². The molecule has 3 nitrogen and oxygen atoms in total. The van der Waals surface area contributed by atoms with Crippen LogP contribution in [-0.2, 0) is 0 Å². The van der Waals surface area contributed by atoms with E-state index in [1.165, 1.54) is 6.33 Å². The minimum atomic E-state index is 0.778. The molecule has 1 radical (unpaired) electrons. The Morgan fingerprint density at radius 2 is 2.25 bits per heavy atom. The van der Waals surface area contributed by atoms with Crippen molar-refractivity contribution in [2.45, 2.75) is 0 Å². The van der Waals surface area contributed by atoms with Crippen LogP contribution < -0.4 is 0 Å². The van der Waals surface area contributed by atoms with Crippen molar-refractivity contribution in [3.05, 3.63) is 43.1 Å². The lowest BCUT2D eigenvalue weighted by molar-refractivity contribution is 1.09. The molecule has 59 valence electrons. The van der Waals surface area contributed by atoms with Gasteiger partial charge in [-0.3, -0.25) is 5.10 Å². The Morgan fingerprint density at radius 3 is 2.92 bits per heavy atom. The molecular formula is C9H8N3. The third kappa shape index (κ3) is 1.21. The second-order valence-corrected chi connectivity index (χ2v) is 2.53. The van der Waals surface area contributed by atoms with Crippen molar-refractivity contribution in [2.24, 2.45) is 0 Å². The summed E-state index contributed by atoms with van der Waals surface area (Å²) in [6.07, 6.45) is 1.49. The van der Waals surface area contributed by atoms with E-state index in [4.69, 9.17) is 0 Å². The van der Waals surface area contributed by atoms with Gasteiger partial charge in [-0.1, -0.05) is 18.2 Å². The summed E-state index contributed by atoms with van der Waals surface area (Å²) in [5.74, 6) is 0.778. The average molecular weight is 158 g/mol. The molecule has 1 aromatic carbocycles. The zero-order valence-electron chi connectivity index (χ0n) is 6.49. The van der Waals surface area contributed by atoms with Gasteiger partial charge >= 0.3 is 0 Å². The molecule has 0 bridgehead atoms. The molecule has 0 unspecified atom stereocenters. The van der Waals surface area contributed by atoms with Gasteiger partial charge in [0, 0.05) is 5.56 Å². The van der Waals surface area contributed by atoms with Gasteiger partial charge in [0.25, 0.3) is 0 Å². The van der Waals surface area contributed by atoms with Crippen molar-refractivity contribution in [3.63, 3.8) is 0 Å². The topological polar surface area (TPSA) is 41.6 Å². The normalized spacial score (nSPS) is 10.1. The molecule has 12 heavy (non-hydrogen) atoms. The summed E-state index contributed by atoms with van der Waals surface area (Å²) in [5, 5.41) is 6.56. The molecule has 0 aliphatic heterocycles. The van der Waals surface area contributed by atoms with E-state index in [0.717, 1.165) is 17.0 Å². The van der Waals surface area contributed by atoms with Crippen LogP contribution in [-0.4, -0.2) is 15.2 Å². The fraction of sp³-hybridized carbons (Fsp3) is 0. The van der Waals surface area contributed by atoms with Gasteiger partial charge in [-0.25, -0.2) is 4.98 Å². The number of hydrogen-bond acceptors (Lipinski definition) is 2. The van der Waals surface area contributed by atoms with Crippen LogP contribution in [0.25, 0.3) is 11.4 Å². The van der Waals surface area contributed by atoms with E-state index < -0.39 is 0 Å². The van der Waals surface area contributed by atoms with Crippen molar-refractivity contribution in [3.8, 4) is 11.4 Å². The van der Waals surface area contributed by atoms with Gasteiger partial charge in [-0.2, -0.15) is 5.10 Å². The molecule has 1 N–H and O–H groups in total. The second kappa shape index (κ2) is 2.77. The Morgan fingerprint density at radius 1 is 1.33 bits per heavy atom. The molecule has 0 saturated carbocycles. The average Bonchev–Trinajstić information content (AvgIpc) is 2.56. The minimum Gasteiger partial charge on any atom is -0.259 e. The predicted molar refractivity (Wildman–Crippen MR) is 46.3 cm³/mol. The highest BCUT2D eigenvalue weighted by molar-refractivity contribution is 5.55. The van der Waals surface area contributed by atoms with Gasteiger partial charge in [-0.15, -0.1) is 0 Å². The monoisotopic (exact) mass is 158 g/mol. The summed E-state index contributed by atoms with van der Waals surface area (Å²) < 4.78 is 0. The Labute approximate surface area is 70.5 Å². The van der Waals surface area contributed by atoms with Crippen LogP contribution in [0.3, 0.4) is 0 Å². The van der Waals surface area contributed by atoms with Gasteiger partial charge in [-0.05, 0) is 18.6 Å². The highest BCUT2D eigenvalue weighted by Gasteiger charge is 1.98. The Kier molecular flexibility index (Phi) is 1.63. The van der Waals surface area contributed by atoms with Gasteiger partial charge in [0.1, 0.15) is 6.33 Å². The van der Waals surface area contributed by atoms with Gasteiger partial charge in [0.2, 0.25) is 0 Å². The van der Waals surface area contributed by atoms with Gasteiger partial charge in [0.05, 0.1) is 0 Å². The van der Waals surface area contributed by atoms with Crippen LogP contribution in [0, 0.1) is 6.92 Å². The standard InChI is InChI=1S/C9H8N3/c1-7-3-2-4-8(5-7)9-10-6-11-12-9/h2-6H,1H2,(H,10,11,12). The highest BCUT2D eigenvalue weighted by Crippen LogP contribution is 2.14. The van der Waals surface area contributed by atoms with Crippen molar-refractivity contribution in [2.75, 3.05) is 0 Å². The lowest BCUT2D eigenvalue weighted by Crippen LogP contribution is -1.81. The van der Waals surface area contributed by atoms with Crippen LogP contribution in [0.15, 0.2) is 30.6 Å². The maximum atomic E-state index is 4.03. The van der Waals surface area contributed by atoms with E-state index in [1.54, 1.807) is 0 Å². The molecule has 0 saturated heterocycles. The number of hydrogen-bond donors (Lipinski definition) is 1. The molecular weight excluding hydrogens is 150 g/mol. The molecule has 1 heterocycles. The van der Waals surface area contributed by atoms with E-state index in [9.17, 15) is 0 Å². The molecule has 0 spiro atoms. The lowest BCUT2D eigenvalue weighted by Gasteiger charge is -1.96.